The summed E-state index contributed by atoms with van der Waals surface area (Å²) in [6.07, 6.45) is 2.04. The van der Waals surface area contributed by atoms with E-state index in [1.807, 2.05) is 30.3 Å². The van der Waals surface area contributed by atoms with Crippen molar-refractivity contribution in [2.45, 2.75) is 18.9 Å². The monoisotopic (exact) mass is 361 g/mol. The van der Waals surface area contributed by atoms with Gasteiger partial charge in [-0.05, 0) is 48.7 Å². The van der Waals surface area contributed by atoms with Gasteiger partial charge in [0.05, 0.1) is 5.69 Å². The third kappa shape index (κ3) is 3.57. The van der Waals surface area contributed by atoms with E-state index in [1.165, 1.54) is 5.69 Å². The third-order valence-electron chi connectivity index (χ3n) is 5.09. The fourth-order valence-corrected chi connectivity index (χ4v) is 3.46. The highest BCUT2D eigenvalue weighted by atomic mass is 16.3. The number of phenols is 1. The molecular weight excluding hydrogens is 338 g/mol. The molecule has 6 heteroatoms. The van der Waals surface area contributed by atoms with Gasteiger partial charge in [-0.25, -0.2) is 0 Å². The Morgan fingerprint density at radius 2 is 1.63 bits per heavy atom. The van der Waals surface area contributed by atoms with E-state index in [1.54, 1.807) is 12.1 Å². The van der Waals surface area contributed by atoms with Gasteiger partial charge in [-0.1, -0.05) is 24.3 Å². The molecule has 0 aliphatic carbocycles. The summed E-state index contributed by atoms with van der Waals surface area (Å²) in [4.78, 5) is 2.36. The van der Waals surface area contributed by atoms with Crippen LogP contribution in [0.4, 0.5) is 11.5 Å². The Morgan fingerprint density at radius 3 is 2.33 bits per heavy atom. The lowest BCUT2D eigenvalue weighted by Gasteiger charge is -2.32. The van der Waals surface area contributed by atoms with Crippen LogP contribution in [0.25, 0.3) is 22.4 Å². The summed E-state index contributed by atoms with van der Waals surface area (Å²) in [6.45, 7) is 1.97. The summed E-state index contributed by atoms with van der Waals surface area (Å²) < 4.78 is 0. The van der Waals surface area contributed by atoms with Crippen molar-refractivity contribution < 1.29 is 5.11 Å². The van der Waals surface area contributed by atoms with Crippen LogP contribution in [0.3, 0.4) is 0 Å². The largest absolute Gasteiger partial charge is 0.507 e. The van der Waals surface area contributed by atoms with Crippen LogP contribution in [0.5, 0.6) is 5.75 Å². The molecule has 0 radical (unpaired) electrons. The molecule has 27 heavy (non-hydrogen) atoms. The SMILES string of the molecule is Nc1nnc(-c2ccccc2O)cc1-c1ccc(N2CCC(N)CC2)cc1. The van der Waals surface area contributed by atoms with Crippen LogP contribution in [-0.2, 0) is 0 Å². The van der Waals surface area contributed by atoms with E-state index >= 15 is 0 Å². The van der Waals surface area contributed by atoms with Crippen molar-refractivity contribution in [1.82, 2.24) is 10.2 Å². The molecule has 3 aromatic rings. The highest BCUT2D eigenvalue weighted by Gasteiger charge is 2.17. The van der Waals surface area contributed by atoms with Crippen molar-refractivity contribution >= 4 is 11.5 Å². The Balaban J connectivity index is 1.63. The summed E-state index contributed by atoms with van der Waals surface area (Å²) in [6, 6.07) is 17.6. The third-order valence-corrected chi connectivity index (χ3v) is 5.09. The summed E-state index contributed by atoms with van der Waals surface area (Å²) >= 11 is 0. The Hall–Kier alpha value is -3.12. The molecule has 0 atom stereocenters. The van der Waals surface area contributed by atoms with E-state index in [0.717, 1.165) is 37.1 Å². The normalized spacial score (nSPS) is 15.1. The molecule has 0 amide bonds. The van der Waals surface area contributed by atoms with Crippen molar-refractivity contribution in [3.63, 3.8) is 0 Å². The van der Waals surface area contributed by atoms with Crippen molar-refractivity contribution in [1.29, 1.82) is 0 Å². The number of nitrogens with zero attached hydrogens (tertiary/aromatic N) is 3. The van der Waals surface area contributed by atoms with Crippen LogP contribution >= 0.6 is 0 Å². The quantitative estimate of drug-likeness (QED) is 0.663. The number of rotatable bonds is 3. The maximum absolute atomic E-state index is 10.1. The predicted octanol–water partition coefficient (Wildman–Crippen LogP) is 3.03. The number of benzene rings is 2. The highest BCUT2D eigenvalue weighted by molar-refractivity contribution is 5.79. The molecule has 0 saturated carbocycles. The topological polar surface area (TPSA) is 101 Å². The van der Waals surface area contributed by atoms with Gasteiger partial charge >= 0.3 is 0 Å². The van der Waals surface area contributed by atoms with Crippen molar-refractivity contribution in [3.8, 4) is 28.1 Å². The van der Waals surface area contributed by atoms with Crippen molar-refractivity contribution in [2.75, 3.05) is 23.7 Å². The first-order chi connectivity index (χ1) is 13.1. The van der Waals surface area contributed by atoms with Crippen LogP contribution in [0.2, 0.25) is 0 Å². The molecule has 0 bridgehead atoms. The van der Waals surface area contributed by atoms with Gasteiger partial charge in [-0.3, -0.25) is 0 Å². The van der Waals surface area contributed by atoms with Crippen LogP contribution in [0.15, 0.2) is 54.6 Å². The van der Waals surface area contributed by atoms with Crippen LogP contribution in [0, 0.1) is 0 Å². The maximum atomic E-state index is 10.1. The summed E-state index contributed by atoms with van der Waals surface area (Å²) in [5, 5.41) is 18.3. The average Bonchev–Trinajstić information content (AvgIpc) is 2.70. The smallest absolute Gasteiger partial charge is 0.154 e. The molecule has 2 heterocycles. The van der Waals surface area contributed by atoms with Crippen LogP contribution in [0.1, 0.15) is 12.8 Å². The number of anilines is 2. The number of nitrogen functional groups attached to an aromatic ring is 1. The molecule has 138 valence electrons. The number of aromatic hydroxyl groups is 1. The molecular formula is C21H23N5O. The zero-order valence-electron chi connectivity index (χ0n) is 15.0. The van der Waals surface area contributed by atoms with Crippen molar-refractivity contribution in [2.24, 2.45) is 5.73 Å². The Kier molecular flexibility index (Phi) is 4.64. The molecule has 6 nitrogen and oxygen atoms in total. The van der Waals surface area contributed by atoms with Gasteiger partial charge < -0.3 is 21.5 Å². The summed E-state index contributed by atoms with van der Waals surface area (Å²) in [7, 11) is 0. The van der Waals surface area contributed by atoms with Gasteiger partial charge in [-0.15, -0.1) is 10.2 Å². The first-order valence-electron chi connectivity index (χ1n) is 9.14. The number of para-hydroxylation sites is 1. The second-order valence-electron chi connectivity index (χ2n) is 6.92. The Bertz CT molecular complexity index is 934. The predicted molar refractivity (Wildman–Crippen MR) is 108 cm³/mol. The number of nitrogens with two attached hydrogens (primary N) is 2. The average molecular weight is 361 g/mol. The lowest BCUT2D eigenvalue weighted by Crippen LogP contribution is -2.39. The Labute approximate surface area is 158 Å². The zero-order chi connectivity index (χ0) is 18.8. The van der Waals surface area contributed by atoms with E-state index in [-0.39, 0.29) is 5.75 Å². The molecule has 1 aliphatic rings. The number of piperidine rings is 1. The minimum Gasteiger partial charge on any atom is -0.507 e. The first kappa shape index (κ1) is 17.3. The van der Waals surface area contributed by atoms with Gasteiger partial charge in [0.25, 0.3) is 0 Å². The molecule has 2 aromatic carbocycles. The van der Waals surface area contributed by atoms with Gasteiger partial charge in [0.1, 0.15) is 5.75 Å². The summed E-state index contributed by atoms with van der Waals surface area (Å²) in [5.74, 6) is 0.534. The lowest BCUT2D eigenvalue weighted by atomic mass is 10.0. The van der Waals surface area contributed by atoms with E-state index in [2.05, 4.69) is 27.2 Å². The van der Waals surface area contributed by atoms with Gasteiger partial charge in [0, 0.05) is 35.9 Å². The fraction of sp³-hybridized carbons (Fsp3) is 0.238. The van der Waals surface area contributed by atoms with Gasteiger partial charge in [-0.2, -0.15) is 0 Å². The first-order valence-corrected chi connectivity index (χ1v) is 9.14. The number of hydrogen-bond acceptors (Lipinski definition) is 6. The number of aromatic nitrogens is 2. The summed E-state index contributed by atoms with van der Waals surface area (Å²) in [5.41, 5.74) is 16.2. The Morgan fingerprint density at radius 1 is 0.926 bits per heavy atom. The lowest BCUT2D eigenvalue weighted by molar-refractivity contribution is 0.477. The van der Waals surface area contributed by atoms with Crippen LogP contribution < -0.4 is 16.4 Å². The molecule has 5 N–H and O–H groups in total. The molecule has 0 unspecified atom stereocenters. The second kappa shape index (κ2) is 7.25. The van der Waals surface area contributed by atoms with Crippen molar-refractivity contribution in [3.05, 3.63) is 54.6 Å². The minimum atomic E-state index is 0.168. The molecule has 1 aliphatic heterocycles. The van der Waals surface area contributed by atoms with E-state index < -0.39 is 0 Å². The number of phenolic OH excluding ortho intramolecular Hbond substituents is 1. The van der Waals surface area contributed by atoms with Crippen LogP contribution in [-0.4, -0.2) is 34.4 Å². The van der Waals surface area contributed by atoms with Gasteiger partial charge in [0.15, 0.2) is 5.82 Å². The number of hydrogen-bond donors (Lipinski definition) is 3. The van der Waals surface area contributed by atoms with E-state index in [0.29, 0.717) is 23.1 Å². The van der Waals surface area contributed by atoms with Gasteiger partial charge in [0.2, 0.25) is 0 Å². The molecule has 1 saturated heterocycles. The molecule has 4 rings (SSSR count). The molecule has 1 fully saturated rings. The standard InChI is InChI=1S/C21H23N5O/c22-15-9-11-26(12-10-15)16-7-5-14(6-8-16)18-13-19(24-25-21(18)23)17-3-1-2-4-20(17)27/h1-8,13,15,27H,9-12,22H2,(H2,23,25). The molecule has 0 spiro atoms. The minimum absolute atomic E-state index is 0.168. The highest BCUT2D eigenvalue weighted by Crippen LogP contribution is 2.33. The van der Waals surface area contributed by atoms with E-state index in [4.69, 9.17) is 11.5 Å². The van der Waals surface area contributed by atoms with E-state index in [9.17, 15) is 5.11 Å². The second-order valence-corrected chi connectivity index (χ2v) is 6.92. The maximum Gasteiger partial charge on any atom is 0.154 e. The fourth-order valence-electron chi connectivity index (χ4n) is 3.46. The zero-order valence-corrected chi connectivity index (χ0v) is 15.0. The molecule has 1 aromatic heterocycles.